The highest BCUT2D eigenvalue weighted by atomic mass is 32.2. The highest BCUT2D eigenvalue weighted by molar-refractivity contribution is 8.02. The van der Waals surface area contributed by atoms with Crippen LogP contribution in [-0.4, -0.2) is 55.2 Å². The van der Waals surface area contributed by atoms with Crippen LogP contribution in [-0.2, 0) is 19.6 Å². The maximum absolute atomic E-state index is 12.7. The Morgan fingerprint density at radius 3 is 2.50 bits per heavy atom. The largest absolute Gasteiger partial charge is 0.379 e. The van der Waals surface area contributed by atoms with Crippen LogP contribution in [0, 0.1) is 0 Å². The first-order valence-electron chi connectivity index (χ1n) is 10.1. The molecule has 0 aliphatic carbocycles. The van der Waals surface area contributed by atoms with E-state index < -0.39 is 10.0 Å². The van der Waals surface area contributed by atoms with Crippen molar-refractivity contribution >= 4 is 44.7 Å². The van der Waals surface area contributed by atoms with Gasteiger partial charge in [-0.3, -0.25) is 4.79 Å². The van der Waals surface area contributed by atoms with Crippen LogP contribution in [0.3, 0.4) is 0 Å². The van der Waals surface area contributed by atoms with E-state index in [0.29, 0.717) is 32.0 Å². The van der Waals surface area contributed by atoms with E-state index in [-0.39, 0.29) is 16.1 Å². The summed E-state index contributed by atoms with van der Waals surface area (Å²) < 4.78 is 32.9. The molecule has 0 bridgehead atoms. The zero-order valence-corrected chi connectivity index (χ0v) is 19.9. The lowest BCUT2D eigenvalue weighted by Crippen LogP contribution is -2.40. The van der Waals surface area contributed by atoms with E-state index >= 15 is 0 Å². The molecule has 2 aromatic carbocycles. The molecule has 0 saturated carbocycles. The van der Waals surface area contributed by atoms with E-state index in [9.17, 15) is 13.2 Å². The van der Waals surface area contributed by atoms with Crippen molar-refractivity contribution in [1.29, 1.82) is 0 Å². The molecule has 1 aromatic heterocycles. The molecule has 1 atom stereocenters. The molecule has 0 spiro atoms. The van der Waals surface area contributed by atoms with E-state index in [1.165, 1.54) is 39.5 Å². The Morgan fingerprint density at radius 1 is 1.12 bits per heavy atom. The smallest absolute Gasteiger partial charge is 0.243 e. The predicted octanol–water partition coefficient (Wildman–Crippen LogP) is 3.95. The number of thioether (sulfide) groups is 1. The molecule has 1 N–H and O–H groups in total. The minimum absolute atomic E-state index is 0.171. The van der Waals surface area contributed by atoms with Crippen LogP contribution in [0.25, 0.3) is 11.3 Å². The molecule has 4 rings (SSSR count). The van der Waals surface area contributed by atoms with Crippen molar-refractivity contribution in [2.45, 2.75) is 21.4 Å². The summed E-state index contributed by atoms with van der Waals surface area (Å²) >= 11 is 2.90. The van der Waals surface area contributed by atoms with Crippen LogP contribution >= 0.6 is 23.1 Å². The summed E-state index contributed by atoms with van der Waals surface area (Å²) in [5.41, 5.74) is 2.48. The number of nitrogens with zero attached hydrogens (tertiary/aromatic N) is 2. The third kappa shape index (κ3) is 5.38. The van der Waals surface area contributed by atoms with E-state index in [0.717, 1.165) is 15.6 Å². The highest BCUT2D eigenvalue weighted by Crippen LogP contribution is 2.31. The molecule has 1 saturated heterocycles. The zero-order valence-electron chi connectivity index (χ0n) is 17.4. The second-order valence-electron chi connectivity index (χ2n) is 7.15. The standard InChI is InChI=1S/C22H23N3O4S3/c1-16(31-22-24-20(15-30-22)17-5-3-2-4-6-17)21(26)23-18-7-9-19(10-8-18)32(27,28)25-11-13-29-14-12-25/h2-10,15-16H,11-14H2,1H3,(H,23,26)/t16-/m0/s1. The number of hydrogen-bond acceptors (Lipinski definition) is 7. The van der Waals surface area contributed by atoms with Gasteiger partial charge in [-0.1, -0.05) is 42.1 Å². The molecular formula is C22H23N3O4S3. The minimum atomic E-state index is -3.56. The number of rotatable bonds is 7. The quantitative estimate of drug-likeness (QED) is 0.506. The van der Waals surface area contributed by atoms with Gasteiger partial charge in [-0.15, -0.1) is 11.3 Å². The molecule has 7 nitrogen and oxygen atoms in total. The van der Waals surface area contributed by atoms with Crippen LogP contribution < -0.4 is 5.32 Å². The number of benzene rings is 2. The van der Waals surface area contributed by atoms with Crippen molar-refractivity contribution < 1.29 is 17.9 Å². The van der Waals surface area contributed by atoms with Gasteiger partial charge in [-0.25, -0.2) is 13.4 Å². The number of thiazole rings is 1. The van der Waals surface area contributed by atoms with Crippen LogP contribution in [0.2, 0.25) is 0 Å². The van der Waals surface area contributed by atoms with Gasteiger partial charge in [0.25, 0.3) is 0 Å². The number of sulfonamides is 1. The van der Waals surface area contributed by atoms with E-state index in [1.54, 1.807) is 12.1 Å². The highest BCUT2D eigenvalue weighted by Gasteiger charge is 2.26. The second-order valence-corrected chi connectivity index (χ2v) is 11.5. The molecule has 1 aliphatic rings. The third-order valence-electron chi connectivity index (χ3n) is 4.93. The number of anilines is 1. The summed E-state index contributed by atoms with van der Waals surface area (Å²) in [7, 11) is -3.56. The van der Waals surface area contributed by atoms with Crippen LogP contribution in [0.4, 0.5) is 5.69 Å². The molecule has 0 radical (unpaired) electrons. The van der Waals surface area contributed by atoms with Crippen molar-refractivity contribution in [2.24, 2.45) is 0 Å². The number of nitrogens with one attached hydrogen (secondary N) is 1. The first kappa shape index (κ1) is 22.9. The molecule has 2 heterocycles. The van der Waals surface area contributed by atoms with Gasteiger partial charge in [0.2, 0.25) is 15.9 Å². The van der Waals surface area contributed by atoms with Gasteiger partial charge in [-0.05, 0) is 31.2 Å². The SMILES string of the molecule is C[C@H](Sc1nc(-c2ccccc2)cs1)C(=O)Nc1ccc(S(=O)(=O)N2CCOCC2)cc1. The number of aromatic nitrogens is 1. The molecule has 32 heavy (non-hydrogen) atoms. The van der Waals surface area contributed by atoms with Crippen molar-refractivity contribution in [3.8, 4) is 11.3 Å². The number of carbonyl (C=O) groups is 1. The van der Waals surface area contributed by atoms with Gasteiger partial charge in [-0.2, -0.15) is 4.31 Å². The summed E-state index contributed by atoms with van der Waals surface area (Å²) in [6.45, 7) is 3.31. The van der Waals surface area contributed by atoms with Gasteiger partial charge in [0.15, 0.2) is 4.34 Å². The summed E-state index contributed by atoms with van der Waals surface area (Å²) in [5, 5.41) is 4.47. The number of amides is 1. The van der Waals surface area contributed by atoms with Gasteiger partial charge in [0, 0.05) is 29.7 Å². The Kier molecular flexibility index (Phi) is 7.27. The first-order valence-corrected chi connectivity index (χ1v) is 13.3. The number of morpholine rings is 1. The summed E-state index contributed by atoms with van der Waals surface area (Å²) in [6.07, 6.45) is 0. The monoisotopic (exact) mass is 489 g/mol. The minimum Gasteiger partial charge on any atom is -0.379 e. The summed E-state index contributed by atoms with van der Waals surface area (Å²) in [6, 6.07) is 16.2. The average Bonchev–Trinajstić information content (AvgIpc) is 3.29. The van der Waals surface area contributed by atoms with Gasteiger partial charge >= 0.3 is 0 Å². The lowest BCUT2D eigenvalue weighted by atomic mass is 10.2. The molecule has 1 aliphatic heterocycles. The second kappa shape index (κ2) is 10.1. The Labute approximate surface area is 195 Å². The Balaban J connectivity index is 1.36. The van der Waals surface area contributed by atoms with E-state index in [1.807, 2.05) is 42.6 Å². The summed E-state index contributed by atoms with van der Waals surface area (Å²) in [4.78, 5) is 17.4. The third-order valence-corrected chi connectivity index (χ3v) is 8.91. The van der Waals surface area contributed by atoms with Crippen molar-refractivity contribution in [3.63, 3.8) is 0 Å². The topological polar surface area (TPSA) is 88.6 Å². The zero-order chi connectivity index (χ0) is 22.6. The fourth-order valence-corrected chi connectivity index (χ4v) is 6.53. The van der Waals surface area contributed by atoms with Crippen molar-refractivity contribution in [1.82, 2.24) is 9.29 Å². The van der Waals surface area contributed by atoms with Gasteiger partial charge < -0.3 is 10.1 Å². The Morgan fingerprint density at radius 2 is 1.81 bits per heavy atom. The predicted molar refractivity (Wildman–Crippen MR) is 128 cm³/mol. The van der Waals surface area contributed by atoms with E-state index in [4.69, 9.17) is 4.74 Å². The maximum atomic E-state index is 12.7. The Hall–Kier alpha value is -2.24. The fourth-order valence-electron chi connectivity index (χ4n) is 3.15. The van der Waals surface area contributed by atoms with Crippen LogP contribution in [0.15, 0.2) is 69.2 Å². The van der Waals surface area contributed by atoms with E-state index in [2.05, 4.69) is 10.3 Å². The molecule has 1 fully saturated rings. The molecule has 168 valence electrons. The van der Waals surface area contributed by atoms with Crippen LogP contribution in [0.1, 0.15) is 6.92 Å². The molecule has 1 amide bonds. The van der Waals surface area contributed by atoms with Gasteiger partial charge in [0.05, 0.1) is 29.1 Å². The number of ether oxygens (including phenoxy) is 1. The average molecular weight is 490 g/mol. The number of carbonyl (C=O) groups excluding carboxylic acids is 1. The first-order chi connectivity index (χ1) is 15.4. The summed E-state index contributed by atoms with van der Waals surface area (Å²) in [5.74, 6) is -0.171. The Bertz CT molecular complexity index is 1160. The van der Waals surface area contributed by atoms with Crippen molar-refractivity contribution in [2.75, 3.05) is 31.6 Å². The fraction of sp³-hybridized carbons (Fsp3) is 0.273. The molecule has 10 heteroatoms. The maximum Gasteiger partial charge on any atom is 0.243 e. The molecular weight excluding hydrogens is 466 g/mol. The van der Waals surface area contributed by atoms with Crippen molar-refractivity contribution in [3.05, 3.63) is 60.0 Å². The number of hydrogen-bond donors (Lipinski definition) is 1. The molecule has 3 aromatic rings. The molecule has 0 unspecified atom stereocenters. The lowest BCUT2D eigenvalue weighted by Gasteiger charge is -2.26. The van der Waals surface area contributed by atoms with Gasteiger partial charge in [0.1, 0.15) is 0 Å². The normalized spacial score (nSPS) is 15.9. The lowest BCUT2D eigenvalue weighted by molar-refractivity contribution is -0.115. The van der Waals surface area contributed by atoms with Crippen LogP contribution in [0.5, 0.6) is 0 Å².